The molecule has 7 heteroatoms. The van der Waals surface area contributed by atoms with Crippen LogP contribution in [-0.2, 0) is 16.0 Å². The van der Waals surface area contributed by atoms with Crippen LogP contribution in [0.25, 0.3) is 0 Å². The second kappa shape index (κ2) is 9.41. The summed E-state index contributed by atoms with van der Waals surface area (Å²) in [5.41, 5.74) is 0.915. The van der Waals surface area contributed by atoms with Crippen LogP contribution >= 0.6 is 0 Å². The predicted molar refractivity (Wildman–Crippen MR) is 108 cm³/mol. The van der Waals surface area contributed by atoms with Crippen LogP contribution in [0.2, 0.25) is 0 Å². The van der Waals surface area contributed by atoms with Gasteiger partial charge in [0.05, 0.1) is 18.7 Å². The van der Waals surface area contributed by atoms with Crippen LogP contribution in [0.15, 0.2) is 47.1 Å². The van der Waals surface area contributed by atoms with Crippen molar-refractivity contribution >= 4 is 17.7 Å². The van der Waals surface area contributed by atoms with Gasteiger partial charge in [0.25, 0.3) is 0 Å². The Morgan fingerprint density at radius 2 is 1.82 bits per heavy atom. The number of benzene rings is 1. The fourth-order valence-electron chi connectivity index (χ4n) is 2.60. The Hall–Kier alpha value is -2.80. The molecule has 0 aliphatic carbocycles. The SMILES string of the molecule is CN(C)C(CNC(=O)Cc1ccc(NC(=O)OC(C)(C)C)cc1)c1ccco1. The highest BCUT2D eigenvalue weighted by molar-refractivity contribution is 5.85. The molecule has 2 amide bonds. The first-order valence-corrected chi connectivity index (χ1v) is 9.19. The average molecular weight is 387 g/mol. The van der Waals surface area contributed by atoms with Crippen molar-refractivity contribution in [1.29, 1.82) is 0 Å². The molecule has 0 fully saturated rings. The summed E-state index contributed by atoms with van der Waals surface area (Å²) in [5, 5.41) is 5.61. The molecule has 1 atom stereocenters. The van der Waals surface area contributed by atoms with Gasteiger partial charge in [-0.3, -0.25) is 15.0 Å². The third-order valence-corrected chi connectivity index (χ3v) is 3.95. The molecule has 2 N–H and O–H groups in total. The van der Waals surface area contributed by atoms with Crippen LogP contribution in [-0.4, -0.2) is 43.1 Å². The van der Waals surface area contributed by atoms with E-state index in [2.05, 4.69) is 10.6 Å². The standard InChI is InChI=1S/C21H29N3O4/c1-21(2,3)28-20(26)23-16-10-8-15(9-11-16)13-19(25)22-14-17(24(4)5)18-7-6-12-27-18/h6-12,17H,13-14H2,1-5H3,(H,22,25)(H,23,26). The van der Waals surface area contributed by atoms with E-state index in [-0.39, 0.29) is 18.4 Å². The van der Waals surface area contributed by atoms with Gasteiger partial charge in [-0.15, -0.1) is 0 Å². The maximum atomic E-state index is 12.3. The number of hydrogen-bond donors (Lipinski definition) is 2. The molecule has 2 aromatic rings. The van der Waals surface area contributed by atoms with Crippen molar-refractivity contribution in [2.45, 2.75) is 38.8 Å². The zero-order valence-corrected chi connectivity index (χ0v) is 17.1. The third kappa shape index (κ3) is 7.08. The molecular formula is C21H29N3O4. The minimum atomic E-state index is -0.553. The number of nitrogens with zero attached hydrogens (tertiary/aromatic N) is 1. The van der Waals surface area contributed by atoms with Crippen molar-refractivity contribution in [3.63, 3.8) is 0 Å². The van der Waals surface area contributed by atoms with Gasteiger partial charge < -0.3 is 14.5 Å². The van der Waals surface area contributed by atoms with E-state index in [0.29, 0.717) is 12.2 Å². The first kappa shape index (κ1) is 21.5. The summed E-state index contributed by atoms with van der Waals surface area (Å²) < 4.78 is 10.7. The Kier molecular flexibility index (Phi) is 7.23. The second-order valence-corrected chi connectivity index (χ2v) is 7.80. The van der Waals surface area contributed by atoms with Gasteiger partial charge in [0.2, 0.25) is 5.91 Å². The fourth-order valence-corrected chi connectivity index (χ4v) is 2.60. The molecule has 0 spiro atoms. The van der Waals surface area contributed by atoms with Gasteiger partial charge in [0.1, 0.15) is 11.4 Å². The summed E-state index contributed by atoms with van der Waals surface area (Å²) in [6.45, 7) is 5.88. The lowest BCUT2D eigenvalue weighted by molar-refractivity contribution is -0.120. The normalized spacial score (nSPS) is 12.5. The lowest BCUT2D eigenvalue weighted by atomic mass is 10.1. The van der Waals surface area contributed by atoms with E-state index in [1.807, 2.05) is 43.3 Å². The van der Waals surface area contributed by atoms with Crippen LogP contribution < -0.4 is 10.6 Å². The van der Waals surface area contributed by atoms with Crippen LogP contribution in [0, 0.1) is 0 Å². The Morgan fingerprint density at radius 1 is 1.14 bits per heavy atom. The molecule has 0 saturated carbocycles. The minimum Gasteiger partial charge on any atom is -0.468 e. The third-order valence-electron chi connectivity index (χ3n) is 3.95. The van der Waals surface area contributed by atoms with E-state index in [4.69, 9.17) is 9.15 Å². The predicted octanol–water partition coefficient (Wildman–Crippen LogP) is 3.59. The number of hydrogen-bond acceptors (Lipinski definition) is 5. The zero-order valence-electron chi connectivity index (χ0n) is 17.1. The molecule has 1 heterocycles. The van der Waals surface area contributed by atoms with E-state index in [0.717, 1.165) is 11.3 Å². The first-order valence-electron chi connectivity index (χ1n) is 9.19. The molecular weight excluding hydrogens is 358 g/mol. The molecule has 1 aromatic heterocycles. The highest BCUT2D eigenvalue weighted by Crippen LogP contribution is 2.18. The summed E-state index contributed by atoms with van der Waals surface area (Å²) in [6, 6.07) is 10.8. The van der Waals surface area contributed by atoms with Crippen LogP contribution in [0.3, 0.4) is 0 Å². The van der Waals surface area contributed by atoms with E-state index in [9.17, 15) is 9.59 Å². The molecule has 0 aliphatic rings. The summed E-state index contributed by atoms with van der Waals surface area (Å²) >= 11 is 0. The lowest BCUT2D eigenvalue weighted by Gasteiger charge is -2.22. The number of anilines is 1. The Morgan fingerprint density at radius 3 is 2.36 bits per heavy atom. The Labute approximate surface area is 166 Å². The van der Waals surface area contributed by atoms with Crippen molar-refractivity contribution < 1.29 is 18.7 Å². The molecule has 0 bridgehead atoms. The highest BCUT2D eigenvalue weighted by Gasteiger charge is 2.18. The number of nitrogens with one attached hydrogen (secondary N) is 2. The van der Waals surface area contributed by atoms with Crippen molar-refractivity contribution in [1.82, 2.24) is 10.2 Å². The summed E-state index contributed by atoms with van der Waals surface area (Å²) in [6.07, 6.45) is 1.37. The van der Waals surface area contributed by atoms with E-state index < -0.39 is 11.7 Å². The number of furan rings is 1. The Balaban J connectivity index is 1.84. The lowest BCUT2D eigenvalue weighted by Crippen LogP contribution is -2.35. The number of carbonyl (C=O) groups excluding carboxylic acids is 2. The van der Waals surface area contributed by atoms with Crippen LogP contribution in [0.4, 0.5) is 10.5 Å². The number of likely N-dealkylation sites (N-methyl/N-ethyl adjacent to an activating group) is 1. The molecule has 1 unspecified atom stereocenters. The zero-order chi connectivity index (χ0) is 20.7. The van der Waals surface area contributed by atoms with Crippen molar-refractivity contribution in [2.24, 2.45) is 0 Å². The summed E-state index contributed by atoms with van der Waals surface area (Å²) in [7, 11) is 3.88. The maximum absolute atomic E-state index is 12.3. The maximum Gasteiger partial charge on any atom is 0.412 e. The molecule has 28 heavy (non-hydrogen) atoms. The van der Waals surface area contributed by atoms with Gasteiger partial charge in [-0.1, -0.05) is 12.1 Å². The topological polar surface area (TPSA) is 83.8 Å². The average Bonchev–Trinajstić information content (AvgIpc) is 3.09. The molecule has 0 saturated heterocycles. The number of amides is 2. The molecule has 2 rings (SSSR count). The van der Waals surface area contributed by atoms with Crippen molar-refractivity contribution in [3.8, 4) is 0 Å². The number of carbonyl (C=O) groups is 2. The Bertz CT molecular complexity index is 762. The fraction of sp³-hybridized carbons (Fsp3) is 0.429. The monoisotopic (exact) mass is 387 g/mol. The van der Waals surface area contributed by atoms with E-state index in [1.54, 1.807) is 39.2 Å². The van der Waals surface area contributed by atoms with E-state index in [1.165, 1.54) is 0 Å². The van der Waals surface area contributed by atoms with Gasteiger partial charge in [-0.05, 0) is 64.7 Å². The summed E-state index contributed by atoms with van der Waals surface area (Å²) in [5.74, 6) is 0.731. The smallest absolute Gasteiger partial charge is 0.412 e. The number of rotatable bonds is 7. The number of ether oxygens (including phenoxy) is 1. The first-order chi connectivity index (χ1) is 13.1. The van der Waals surface area contributed by atoms with E-state index >= 15 is 0 Å². The molecule has 0 radical (unpaired) electrons. The molecule has 152 valence electrons. The quantitative estimate of drug-likeness (QED) is 0.759. The van der Waals surface area contributed by atoms with Gasteiger partial charge in [-0.2, -0.15) is 0 Å². The van der Waals surface area contributed by atoms with Crippen LogP contribution in [0.1, 0.15) is 38.1 Å². The van der Waals surface area contributed by atoms with Gasteiger partial charge in [-0.25, -0.2) is 4.79 Å². The molecule has 0 aliphatic heterocycles. The largest absolute Gasteiger partial charge is 0.468 e. The molecule has 1 aromatic carbocycles. The molecule has 7 nitrogen and oxygen atoms in total. The van der Waals surface area contributed by atoms with Crippen molar-refractivity contribution in [2.75, 3.05) is 26.0 Å². The van der Waals surface area contributed by atoms with Crippen LogP contribution in [0.5, 0.6) is 0 Å². The van der Waals surface area contributed by atoms with Gasteiger partial charge >= 0.3 is 6.09 Å². The second-order valence-electron chi connectivity index (χ2n) is 7.80. The van der Waals surface area contributed by atoms with Crippen molar-refractivity contribution in [3.05, 3.63) is 54.0 Å². The van der Waals surface area contributed by atoms with Gasteiger partial charge in [0, 0.05) is 12.2 Å². The summed E-state index contributed by atoms with van der Waals surface area (Å²) in [4.78, 5) is 26.1. The highest BCUT2D eigenvalue weighted by atomic mass is 16.6. The van der Waals surface area contributed by atoms with Gasteiger partial charge in [0.15, 0.2) is 0 Å². The minimum absolute atomic E-state index is 0.0284.